The predicted octanol–water partition coefficient (Wildman–Crippen LogP) is 3.08. The van der Waals surface area contributed by atoms with Gasteiger partial charge in [0.15, 0.2) is 0 Å². The highest BCUT2D eigenvalue weighted by Gasteiger charge is 2.15. The first-order valence-electron chi connectivity index (χ1n) is 6.97. The smallest absolute Gasteiger partial charge is 0.324 e. The molecule has 0 bridgehead atoms. The summed E-state index contributed by atoms with van der Waals surface area (Å²) in [5.74, 6) is 0.526. The van der Waals surface area contributed by atoms with Crippen LogP contribution in [0.3, 0.4) is 0 Å². The van der Waals surface area contributed by atoms with Gasteiger partial charge in [-0.25, -0.2) is 4.79 Å². The summed E-state index contributed by atoms with van der Waals surface area (Å²) in [4.78, 5) is 23.7. The van der Waals surface area contributed by atoms with Gasteiger partial charge < -0.3 is 5.32 Å². The standard InChI is InChI=1S/C14H27N2O2/c1-5-6-7-8-9-16(11-17)14(18)15-13(4)10-12(2)3/h12-13H,5-10H2,1-4H3,(H,15,18). The average molecular weight is 255 g/mol. The third kappa shape index (κ3) is 8.09. The van der Waals surface area contributed by atoms with Crippen molar-refractivity contribution in [3.8, 4) is 0 Å². The molecule has 4 heteroatoms. The lowest BCUT2D eigenvalue weighted by molar-refractivity contribution is 0.213. The molecule has 1 atom stereocenters. The van der Waals surface area contributed by atoms with E-state index in [9.17, 15) is 9.59 Å². The number of nitrogens with zero attached hydrogens (tertiary/aromatic N) is 1. The van der Waals surface area contributed by atoms with E-state index in [0.717, 1.165) is 37.0 Å². The fraction of sp³-hybridized carbons (Fsp3) is 0.857. The zero-order valence-corrected chi connectivity index (χ0v) is 12.2. The minimum absolute atomic E-state index is 0.0870. The maximum Gasteiger partial charge on any atom is 0.324 e. The van der Waals surface area contributed by atoms with E-state index in [1.165, 1.54) is 0 Å². The number of carbonyl (C=O) groups is 1. The Kier molecular flexibility index (Phi) is 9.33. The molecule has 0 aromatic heterocycles. The molecule has 0 fully saturated rings. The van der Waals surface area contributed by atoms with Crippen molar-refractivity contribution in [3.05, 3.63) is 0 Å². The number of hydrogen-bond acceptors (Lipinski definition) is 2. The third-order valence-corrected chi connectivity index (χ3v) is 2.79. The zero-order valence-electron chi connectivity index (χ0n) is 12.2. The van der Waals surface area contributed by atoms with Crippen LogP contribution in [0, 0.1) is 5.92 Å². The molecule has 1 unspecified atom stereocenters. The van der Waals surface area contributed by atoms with Gasteiger partial charge >= 0.3 is 12.4 Å². The van der Waals surface area contributed by atoms with Crippen LogP contribution >= 0.6 is 0 Å². The molecule has 1 radical (unpaired) electrons. The lowest BCUT2D eigenvalue weighted by Crippen LogP contribution is -2.44. The average Bonchev–Trinajstić information content (AvgIpc) is 2.27. The molecule has 0 aliphatic heterocycles. The number of carbonyl (C=O) groups excluding carboxylic acids is 2. The zero-order chi connectivity index (χ0) is 14.0. The van der Waals surface area contributed by atoms with Crippen LogP contribution in [-0.2, 0) is 4.79 Å². The summed E-state index contributed by atoms with van der Waals surface area (Å²) >= 11 is 0. The van der Waals surface area contributed by atoms with Gasteiger partial charge in [0, 0.05) is 12.6 Å². The Hall–Kier alpha value is -1.06. The second kappa shape index (κ2) is 9.92. The minimum Gasteiger partial charge on any atom is -0.335 e. The molecule has 0 saturated carbocycles. The second-order valence-electron chi connectivity index (χ2n) is 5.28. The van der Waals surface area contributed by atoms with Crippen LogP contribution in [0.5, 0.6) is 0 Å². The molecular formula is C14H27N2O2. The molecule has 0 aliphatic rings. The van der Waals surface area contributed by atoms with Crippen LogP contribution in [0.15, 0.2) is 0 Å². The fourth-order valence-corrected chi connectivity index (χ4v) is 1.94. The van der Waals surface area contributed by atoms with Gasteiger partial charge in [0.1, 0.15) is 0 Å². The Balaban J connectivity index is 3.98. The first-order valence-corrected chi connectivity index (χ1v) is 6.97. The lowest BCUT2D eigenvalue weighted by Gasteiger charge is -2.20. The number of hydrogen-bond donors (Lipinski definition) is 1. The maximum absolute atomic E-state index is 11.8. The van der Waals surface area contributed by atoms with E-state index in [1.54, 1.807) is 6.41 Å². The molecule has 105 valence electrons. The Morgan fingerprint density at radius 2 is 1.89 bits per heavy atom. The number of imide groups is 1. The van der Waals surface area contributed by atoms with Crippen molar-refractivity contribution in [1.82, 2.24) is 10.2 Å². The van der Waals surface area contributed by atoms with Gasteiger partial charge in [-0.05, 0) is 25.7 Å². The van der Waals surface area contributed by atoms with E-state index in [-0.39, 0.29) is 12.1 Å². The van der Waals surface area contributed by atoms with Crippen LogP contribution < -0.4 is 5.32 Å². The normalized spacial score (nSPS) is 12.3. The Labute approximate surface area is 111 Å². The molecule has 0 heterocycles. The van der Waals surface area contributed by atoms with E-state index in [2.05, 4.69) is 26.1 Å². The molecule has 0 spiro atoms. The minimum atomic E-state index is -0.324. The molecule has 0 rings (SSSR count). The molecule has 0 aromatic rings. The van der Waals surface area contributed by atoms with Crippen LogP contribution in [-0.4, -0.2) is 29.9 Å². The lowest BCUT2D eigenvalue weighted by atomic mass is 10.1. The summed E-state index contributed by atoms with van der Waals surface area (Å²) in [7, 11) is 0. The van der Waals surface area contributed by atoms with E-state index in [0.29, 0.717) is 12.5 Å². The van der Waals surface area contributed by atoms with E-state index in [4.69, 9.17) is 0 Å². The van der Waals surface area contributed by atoms with Gasteiger partial charge in [-0.15, -0.1) is 0 Å². The molecule has 1 N–H and O–H groups in total. The first kappa shape index (κ1) is 16.9. The third-order valence-electron chi connectivity index (χ3n) is 2.79. The quantitative estimate of drug-likeness (QED) is 0.508. The van der Waals surface area contributed by atoms with Crippen LogP contribution in [0.2, 0.25) is 0 Å². The van der Waals surface area contributed by atoms with Crippen molar-refractivity contribution in [2.45, 2.75) is 65.8 Å². The molecule has 0 aromatic carbocycles. The van der Waals surface area contributed by atoms with Gasteiger partial charge in [0.05, 0.1) is 0 Å². The van der Waals surface area contributed by atoms with Gasteiger partial charge in [-0.2, -0.15) is 0 Å². The number of rotatable bonds is 9. The van der Waals surface area contributed by atoms with Crippen LogP contribution in [0.1, 0.15) is 59.8 Å². The molecule has 4 nitrogen and oxygen atoms in total. The highest BCUT2D eigenvalue weighted by Crippen LogP contribution is 2.05. The Morgan fingerprint density at radius 3 is 2.39 bits per heavy atom. The monoisotopic (exact) mass is 255 g/mol. The van der Waals surface area contributed by atoms with Crippen molar-refractivity contribution in [2.75, 3.05) is 6.54 Å². The van der Waals surface area contributed by atoms with E-state index >= 15 is 0 Å². The number of unbranched alkanes of at least 4 members (excludes halogenated alkanes) is 3. The molecule has 18 heavy (non-hydrogen) atoms. The Morgan fingerprint density at radius 1 is 1.22 bits per heavy atom. The highest BCUT2D eigenvalue weighted by molar-refractivity contribution is 5.85. The summed E-state index contributed by atoms with van der Waals surface area (Å²) in [6, 6.07) is -0.237. The van der Waals surface area contributed by atoms with E-state index in [1.807, 2.05) is 6.92 Å². The van der Waals surface area contributed by atoms with Crippen molar-refractivity contribution >= 4 is 12.4 Å². The summed E-state index contributed by atoms with van der Waals surface area (Å²) in [5, 5.41) is 2.83. The van der Waals surface area contributed by atoms with Crippen molar-refractivity contribution in [3.63, 3.8) is 0 Å². The number of amides is 3. The highest BCUT2D eigenvalue weighted by atomic mass is 16.2. The van der Waals surface area contributed by atoms with Crippen molar-refractivity contribution in [2.24, 2.45) is 5.92 Å². The topological polar surface area (TPSA) is 49.4 Å². The van der Waals surface area contributed by atoms with Crippen molar-refractivity contribution in [1.29, 1.82) is 0 Å². The van der Waals surface area contributed by atoms with Crippen LogP contribution in [0.25, 0.3) is 0 Å². The van der Waals surface area contributed by atoms with E-state index < -0.39 is 0 Å². The molecule has 0 aliphatic carbocycles. The number of urea groups is 1. The Bertz CT molecular complexity index is 242. The summed E-state index contributed by atoms with van der Waals surface area (Å²) < 4.78 is 0. The van der Waals surface area contributed by atoms with Gasteiger partial charge in [-0.1, -0.05) is 40.0 Å². The number of nitrogens with one attached hydrogen (secondary N) is 1. The molecule has 3 amide bonds. The maximum atomic E-state index is 11.8. The van der Waals surface area contributed by atoms with Crippen molar-refractivity contribution < 1.29 is 9.59 Å². The largest absolute Gasteiger partial charge is 0.335 e. The predicted molar refractivity (Wildman–Crippen MR) is 74.0 cm³/mol. The van der Waals surface area contributed by atoms with Gasteiger partial charge in [0.2, 0.25) is 0 Å². The summed E-state index contributed by atoms with van der Waals surface area (Å²) in [6.45, 7) is 8.76. The summed E-state index contributed by atoms with van der Waals surface area (Å²) in [5.41, 5.74) is 0. The summed E-state index contributed by atoms with van der Waals surface area (Å²) in [6.07, 6.45) is 6.80. The van der Waals surface area contributed by atoms with Gasteiger partial charge in [0.25, 0.3) is 0 Å². The molecular weight excluding hydrogens is 228 g/mol. The second-order valence-corrected chi connectivity index (χ2v) is 5.28. The SMILES string of the molecule is CCCCCCN([C]=O)C(=O)NC(C)CC(C)C. The molecule has 0 saturated heterocycles. The van der Waals surface area contributed by atoms with Crippen LogP contribution in [0.4, 0.5) is 4.79 Å². The fourth-order valence-electron chi connectivity index (χ4n) is 1.94. The van der Waals surface area contributed by atoms with Gasteiger partial charge in [-0.3, -0.25) is 9.69 Å². The first-order chi connectivity index (χ1) is 8.51.